The van der Waals surface area contributed by atoms with Gasteiger partial charge >= 0.3 is 0 Å². The summed E-state index contributed by atoms with van der Waals surface area (Å²) in [4.78, 5) is 0. The summed E-state index contributed by atoms with van der Waals surface area (Å²) in [6.07, 6.45) is 3.98. The summed E-state index contributed by atoms with van der Waals surface area (Å²) in [5, 5.41) is 18.4. The highest BCUT2D eigenvalue weighted by Gasteiger charge is 2.27. The van der Waals surface area contributed by atoms with E-state index in [9.17, 15) is 5.11 Å². The van der Waals surface area contributed by atoms with Crippen molar-refractivity contribution in [3.63, 3.8) is 0 Å². The monoisotopic (exact) mass is 158 g/mol. The number of rotatable bonds is 2. The first-order valence-electron chi connectivity index (χ1n) is 4.56. The number of aliphatic hydroxyl groups excluding tert-OH is 2. The van der Waals surface area contributed by atoms with Gasteiger partial charge < -0.3 is 10.2 Å². The highest BCUT2D eigenvalue weighted by Crippen LogP contribution is 2.30. The summed E-state index contributed by atoms with van der Waals surface area (Å²) in [7, 11) is 0. The lowest BCUT2D eigenvalue weighted by atomic mass is 9.79. The lowest BCUT2D eigenvalue weighted by Crippen LogP contribution is -2.31. The van der Waals surface area contributed by atoms with Crippen LogP contribution in [0, 0.1) is 11.8 Å². The Labute approximate surface area is 68.2 Å². The zero-order valence-electron chi connectivity index (χ0n) is 7.16. The third kappa shape index (κ3) is 2.17. The SMILES string of the molecule is CCC1CCC(CO)C(O)C1. The fraction of sp³-hybridized carbons (Fsp3) is 1.00. The number of aliphatic hydroxyl groups is 2. The Morgan fingerprint density at radius 2 is 2.09 bits per heavy atom. The van der Waals surface area contributed by atoms with Gasteiger partial charge in [0.05, 0.1) is 6.10 Å². The van der Waals surface area contributed by atoms with E-state index in [-0.39, 0.29) is 18.6 Å². The molecule has 0 saturated heterocycles. The van der Waals surface area contributed by atoms with Crippen LogP contribution >= 0.6 is 0 Å². The van der Waals surface area contributed by atoms with Crippen LogP contribution in [0.2, 0.25) is 0 Å². The minimum Gasteiger partial charge on any atom is -0.396 e. The molecule has 3 unspecified atom stereocenters. The molecule has 1 fully saturated rings. The first kappa shape index (κ1) is 9.01. The van der Waals surface area contributed by atoms with Gasteiger partial charge in [-0.05, 0) is 25.2 Å². The second kappa shape index (κ2) is 4.07. The summed E-state index contributed by atoms with van der Waals surface area (Å²) in [5.74, 6) is 0.839. The smallest absolute Gasteiger partial charge is 0.0592 e. The third-order valence-corrected chi connectivity index (χ3v) is 2.88. The van der Waals surface area contributed by atoms with Gasteiger partial charge in [0.25, 0.3) is 0 Å². The van der Waals surface area contributed by atoms with Gasteiger partial charge in [-0.2, -0.15) is 0 Å². The van der Waals surface area contributed by atoms with E-state index in [4.69, 9.17) is 5.11 Å². The molecule has 0 spiro atoms. The molecular weight excluding hydrogens is 140 g/mol. The molecule has 0 heterocycles. The molecule has 11 heavy (non-hydrogen) atoms. The molecule has 1 rings (SSSR count). The van der Waals surface area contributed by atoms with Crippen LogP contribution in [0.1, 0.15) is 32.6 Å². The largest absolute Gasteiger partial charge is 0.396 e. The van der Waals surface area contributed by atoms with Crippen LogP contribution in [0.5, 0.6) is 0 Å². The zero-order valence-corrected chi connectivity index (χ0v) is 7.16. The Morgan fingerprint density at radius 1 is 1.36 bits per heavy atom. The van der Waals surface area contributed by atoms with Crippen molar-refractivity contribution in [3.05, 3.63) is 0 Å². The van der Waals surface area contributed by atoms with E-state index in [0.717, 1.165) is 19.3 Å². The zero-order chi connectivity index (χ0) is 8.27. The van der Waals surface area contributed by atoms with Crippen molar-refractivity contribution >= 4 is 0 Å². The second-order valence-electron chi connectivity index (χ2n) is 3.60. The van der Waals surface area contributed by atoms with Crippen LogP contribution in [0.15, 0.2) is 0 Å². The van der Waals surface area contributed by atoms with Crippen molar-refractivity contribution in [3.8, 4) is 0 Å². The minimum atomic E-state index is -0.251. The van der Waals surface area contributed by atoms with E-state index in [1.54, 1.807) is 0 Å². The van der Waals surface area contributed by atoms with E-state index in [0.29, 0.717) is 5.92 Å². The molecule has 1 aliphatic carbocycles. The van der Waals surface area contributed by atoms with Gasteiger partial charge in [0.1, 0.15) is 0 Å². The summed E-state index contributed by atoms with van der Waals surface area (Å²) < 4.78 is 0. The molecule has 2 nitrogen and oxygen atoms in total. The molecule has 2 heteroatoms. The molecule has 0 aromatic carbocycles. The average Bonchev–Trinajstić information content (AvgIpc) is 2.04. The summed E-state index contributed by atoms with van der Waals surface area (Å²) in [6, 6.07) is 0. The molecule has 0 radical (unpaired) electrons. The van der Waals surface area contributed by atoms with Crippen molar-refractivity contribution in [1.29, 1.82) is 0 Å². The van der Waals surface area contributed by atoms with Crippen molar-refractivity contribution in [1.82, 2.24) is 0 Å². The first-order chi connectivity index (χ1) is 5.27. The van der Waals surface area contributed by atoms with E-state index < -0.39 is 0 Å². The molecule has 0 aromatic rings. The van der Waals surface area contributed by atoms with Crippen molar-refractivity contribution in [2.75, 3.05) is 6.61 Å². The van der Waals surface area contributed by atoms with Crippen LogP contribution in [0.4, 0.5) is 0 Å². The lowest BCUT2D eigenvalue weighted by Gasteiger charge is -2.31. The van der Waals surface area contributed by atoms with Crippen molar-refractivity contribution < 1.29 is 10.2 Å². The fourth-order valence-corrected chi connectivity index (χ4v) is 1.88. The highest BCUT2D eigenvalue weighted by molar-refractivity contribution is 4.78. The third-order valence-electron chi connectivity index (χ3n) is 2.88. The summed E-state index contributed by atoms with van der Waals surface area (Å²) >= 11 is 0. The number of hydrogen-bond donors (Lipinski definition) is 2. The van der Waals surface area contributed by atoms with Crippen molar-refractivity contribution in [2.24, 2.45) is 11.8 Å². The Kier molecular flexibility index (Phi) is 3.34. The molecule has 0 bridgehead atoms. The molecular formula is C9H18O2. The van der Waals surface area contributed by atoms with Crippen LogP contribution in [0.3, 0.4) is 0 Å². The Balaban J connectivity index is 2.34. The van der Waals surface area contributed by atoms with Gasteiger partial charge in [0.15, 0.2) is 0 Å². The molecule has 1 aliphatic rings. The van der Waals surface area contributed by atoms with E-state index >= 15 is 0 Å². The summed E-state index contributed by atoms with van der Waals surface area (Å²) in [5.41, 5.74) is 0. The molecule has 66 valence electrons. The van der Waals surface area contributed by atoms with Crippen LogP contribution < -0.4 is 0 Å². The maximum absolute atomic E-state index is 9.51. The average molecular weight is 158 g/mol. The topological polar surface area (TPSA) is 40.5 Å². The molecule has 1 saturated carbocycles. The van der Waals surface area contributed by atoms with Gasteiger partial charge in [0.2, 0.25) is 0 Å². The van der Waals surface area contributed by atoms with Crippen LogP contribution in [-0.4, -0.2) is 22.9 Å². The quantitative estimate of drug-likeness (QED) is 0.633. The maximum Gasteiger partial charge on any atom is 0.0592 e. The molecule has 2 N–H and O–H groups in total. The Bertz CT molecular complexity index is 114. The van der Waals surface area contributed by atoms with Crippen LogP contribution in [0.25, 0.3) is 0 Å². The second-order valence-corrected chi connectivity index (χ2v) is 3.60. The molecule has 3 atom stereocenters. The maximum atomic E-state index is 9.51. The fourth-order valence-electron chi connectivity index (χ4n) is 1.88. The molecule has 0 aromatic heterocycles. The Morgan fingerprint density at radius 3 is 2.55 bits per heavy atom. The normalized spacial score (nSPS) is 39.0. The van der Waals surface area contributed by atoms with Gasteiger partial charge in [-0.3, -0.25) is 0 Å². The predicted octanol–water partition coefficient (Wildman–Crippen LogP) is 1.17. The van der Waals surface area contributed by atoms with Gasteiger partial charge in [-0.15, -0.1) is 0 Å². The van der Waals surface area contributed by atoms with E-state index in [1.165, 1.54) is 6.42 Å². The lowest BCUT2D eigenvalue weighted by molar-refractivity contribution is 0.0151. The van der Waals surface area contributed by atoms with Crippen molar-refractivity contribution in [2.45, 2.75) is 38.7 Å². The highest BCUT2D eigenvalue weighted by atomic mass is 16.3. The van der Waals surface area contributed by atoms with Gasteiger partial charge in [-0.1, -0.05) is 13.3 Å². The van der Waals surface area contributed by atoms with Gasteiger partial charge in [0, 0.05) is 12.5 Å². The molecule has 0 aliphatic heterocycles. The Hall–Kier alpha value is -0.0800. The first-order valence-corrected chi connectivity index (χ1v) is 4.56. The standard InChI is InChI=1S/C9H18O2/c1-2-7-3-4-8(6-10)9(11)5-7/h7-11H,2-6H2,1H3. The number of hydrogen-bond acceptors (Lipinski definition) is 2. The predicted molar refractivity (Wildman–Crippen MR) is 44.2 cm³/mol. The minimum absolute atomic E-state index is 0.150. The van der Waals surface area contributed by atoms with E-state index in [1.807, 2.05) is 0 Å². The van der Waals surface area contributed by atoms with Crippen LogP contribution in [-0.2, 0) is 0 Å². The summed E-state index contributed by atoms with van der Waals surface area (Å²) in [6.45, 7) is 2.31. The molecule has 0 amide bonds. The van der Waals surface area contributed by atoms with E-state index in [2.05, 4.69) is 6.92 Å². The van der Waals surface area contributed by atoms with Gasteiger partial charge in [-0.25, -0.2) is 0 Å².